The Labute approximate surface area is 150 Å². The molecule has 3 rings (SSSR count). The van der Waals surface area contributed by atoms with E-state index in [9.17, 15) is 17.6 Å². The molecule has 0 unspecified atom stereocenters. The Bertz CT molecular complexity index is 874. The first-order chi connectivity index (χ1) is 11.9. The van der Waals surface area contributed by atoms with Crippen molar-refractivity contribution in [2.75, 3.05) is 25.0 Å². The number of hydrogen-bond donors (Lipinski definition) is 0. The summed E-state index contributed by atoms with van der Waals surface area (Å²) in [6, 6.07) is 9.25. The first kappa shape index (κ1) is 18.0. The number of carbonyl (C=O) groups excluding carboxylic acids is 1. The van der Waals surface area contributed by atoms with Crippen LogP contribution in [-0.2, 0) is 21.2 Å². The maximum Gasteiger partial charge on any atom is 0.252 e. The average molecular weight is 382 g/mol. The summed E-state index contributed by atoms with van der Waals surface area (Å²) in [6.07, 6.45) is 1.79. The second-order valence-corrected chi connectivity index (χ2v) is 9.25. The van der Waals surface area contributed by atoms with Gasteiger partial charge < -0.3 is 4.90 Å². The Morgan fingerprint density at radius 3 is 2.56 bits per heavy atom. The van der Waals surface area contributed by atoms with Gasteiger partial charge in [0.15, 0.2) is 0 Å². The van der Waals surface area contributed by atoms with Crippen LogP contribution < -0.4 is 4.90 Å². The smallest absolute Gasteiger partial charge is 0.252 e. The summed E-state index contributed by atoms with van der Waals surface area (Å²) in [4.78, 5) is 14.3. The number of benzene rings is 1. The number of amides is 1. The minimum Gasteiger partial charge on any atom is -0.312 e. The highest BCUT2D eigenvalue weighted by molar-refractivity contribution is 7.91. The van der Waals surface area contributed by atoms with Crippen LogP contribution in [0.2, 0.25) is 0 Å². The SMILES string of the molecule is CN(C(=O)Cc1ccc(S(=O)(=O)N2CCCC2)s1)c1ccccc1F. The molecule has 0 atom stereocenters. The molecule has 0 bridgehead atoms. The Morgan fingerprint density at radius 2 is 1.88 bits per heavy atom. The number of para-hydroxylation sites is 1. The van der Waals surface area contributed by atoms with Gasteiger partial charge in [0, 0.05) is 25.0 Å². The molecule has 8 heteroatoms. The molecule has 0 aliphatic carbocycles. The van der Waals surface area contributed by atoms with Gasteiger partial charge >= 0.3 is 0 Å². The van der Waals surface area contributed by atoms with Crippen molar-refractivity contribution >= 4 is 33.0 Å². The van der Waals surface area contributed by atoms with Gasteiger partial charge in [0.2, 0.25) is 5.91 Å². The van der Waals surface area contributed by atoms with Crippen LogP contribution in [0.4, 0.5) is 10.1 Å². The van der Waals surface area contributed by atoms with Crippen LogP contribution in [-0.4, -0.2) is 38.8 Å². The Kier molecular flexibility index (Phi) is 5.21. The lowest BCUT2D eigenvalue weighted by Crippen LogP contribution is -2.28. The van der Waals surface area contributed by atoms with Gasteiger partial charge in [0.05, 0.1) is 12.1 Å². The van der Waals surface area contributed by atoms with Crippen molar-refractivity contribution in [1.82, 2.24) is 4.31 Å². The van der Waals surface area contributed by atoms with Crippen LogP contribution in [0.25, 0.3) is 0 Å². The highest BCUT2D eigenvalue weighted by Gasteiger charge is 2.28. The van der Waals surface area contributed by atoms with Crippen LogP contribution in [0, 0.1) is 5.82 Å². The van der Waals surface area contributed by atoms with Crippen molar-refractivity contribution in [3.8, 4) is 0 Å². The van der Waals surface area contributed by atoms with E-state index >= 15 is 0 Å². The molecule has 1 saturated heterocycles. The largest absolute Gasteiger partial charge is 0.312 e. The normalized spacial score (nSPS) is 15.4. The van der Waals surface area contributed by atoms with E-state index in [1.165, 1.54) is 28.4 Å². The molecule has 1 amide bonds. The molecule has 25 heavy (non-hydrogen) atoms. The summed E-state index contributed by atoms with van der Waals surface area (Å²) in [5.74, 6) is -0.765. The van der Waals surface area contributed by atoms with Crippen LogP contribution in [0.1, 0.15) is 17.7 Å². The van der Waals surface area contributed by atoms with Gasteiger partial charge in [0.25, 0.3) is 10.0 Å². The Morgan fingerprint density at radius 1 is 1.20 bits per heavy atom. The van der Waals surface area contributed by atoms with Gasteiger partial charge in [-0.15, -0.1) is 11.3 Å². The predicted molar refractivity (Wildman–Crippen MR) is 95.8 cm³/mol. The maximum absolute atomic E-state index is 13.8. The lowest BCUT2D eigenvalue weighted by molar-refractivity contribution is -0.117. The van der Waals surface area contributed by atoms with E-state index in [0.717, 1.165) is 24.2 Å². The van der Waals surface area contributed by atoms with Crippen LogP contribution in [0.5, 0.6) is 0 Å². The summed E-state index contributed by atoms with van der Waals surface area (Å²) in [5, 5.41) is 0. The van der Waals surface area contributed by atoms with E-state index in [2.05, 4.69) is 0 Å². The fourth-order valence-electron chi connectivity index (χ4n) is 2.77. The second kappa shape index (κ2) is 7.23. The zero-order chi connectivity index (χ0) is 18.0. The zero-order valence-electron chi connectivity index (χ0n) is 13.8. The van der Waals surface area contributed by atoms with Gasteiger partial charge in [0.1, 0.15) is 10.0 Å². The van der Waals surface area contributed by atoms with Crippen LogP contribution in [0.3, 0.4) is 0 Å². The molecule has 0 N–H and O–H groups in total. The molecule has 134 valence electrons. The standard InChI is InChI=1S/C17H19FN2O3S2/c1-19(15-7-3-2-6-14(15)18)16(21)12-13-8-9-17(24-13)25(22,23)20-10-4-5-11-20/h2-3,6-9H,4-5,10-12H2,1H3. The summed E-state index contributed by atoms with van der Waals surface area (Å²) in [5.41, 5.74) is 0.203. The minimum atomic E-state index is -3.47. The molecule has 0 spiro atoms. The number of likely N-dealkylation sites (N-methyl/N-ethyl adjacent to an activating group) is 1. The molecule has 0 radical (unpaired) electrons. The monoisotopic (exact) mass is 382 g/mol. The average Bonchev–Trinajstić information content (AvgIpc) is 3.27. The lowest BCUT2D eigenvalue weighted by atomic mass is 10.2. The fraction of sp³-hybridized carbons (Fsp3) is 0.353. The first-order valence-electron chi connectivity index (χ1n) is 7.99. The zero-order valence-corrected chi connectivity index (χ0v) is 15.4. The molecule has 1 fully saturated rings. The van der Waals surface area contributed by atoms with Crippen LogP contribution in [0.15, 0.2) is 40.6 Å². The van der Waals surface area contributed by atoms with Crippen molar-refractivity contribution in [1.29, 1.82) is 0 Å². The highest BCUT2D eigenvalue weighted by Crippen LogP contribution is 2.28. The van der Waals surface area contributed by atoms with Gasteiger partial charge in [-0.3, -0.25) is 4.79 Å². The minimum absolute atomic E-state index is 0.0328. The molecule has 1 aliphatic heterocycles. The molecule has 1 aliphatic rings. The third kappa shape index (κ3) is 3.75. The second-order valence-electron chi connectivity index (χ2n) is 5.91. The number of hydrogen-bond acceptors (Lipinski definition) is 4. The molecule has 1 aromatic heterocycles. The summed E-state index contributed by atoms with van der Waals surface area (Å²) >= 11 is 1.10. The van der Waals surface area contributed by atoms with Crippen LogP contribution >= 0.6 is 11.3 Å². The maximum atomic E-state index is 13.8. The molecule has 2 heterocycles. The summed E-state index contributed by atoms with van der Waals surface area (Å²) in [6.45, 7) is 1.09. The van der Waals surface area contributed by atoms with Gasteiger partial charge in [-0.1, -0.05) is 12.1 Å². The number of nitrogens with zero attached hydrogens (tertiary/aromatic N) is 2. The molecular formula is C17H19FN2O3S2. The third-order valence-corrected chi connectivity index (χ3v) is 7.66. The predicted octanol–water partition coefficient (Wildman–Crippen LogP) is 2.88. The molecule has 0 saturated carbocycles. The number of carbonyl (C=O) groups is 1. The van der Waals surface area contributed by atoms with Crippen molar-refractivity contribution in [2.24, 2.45) is 0 Å². The first-order valence-corrected chi connectivity index (χ1v) is 10.2. The third-order valence-electron chi connectivity index (χ3n) is 4.21. The van der Waals surface area contributed by atoms with E-state index in [1.807, 2.05) is 0 Å². The van der Waals surface area contributed by atoms with Gasteiger partial charge in [-0.2, -0.15) is 4.31 Å². The van der Waals surface area contributed by atoms with Gasteiger partial charge in [-0.05, 0) is 37.1 Å². The number of sulfonamides is 1. The molecular weight excluding hydrogens is 363 g/mol. The van der Waals surface area contributed by atoms with E-state index in [1.54, 1.807) is 24.3 Å². The van der Waals surface area contributed by atoms with Crippen molar-refractivity contribution in [3.05, 3.63) is 47.1 Å². The lowest BCUT2D eigenvalue weighted by Gasteiger charge is -2.17. The number of thiophene rings is 1. The molecule has 5 nitrogen and oxygen atoms in total. The summed E-state index contributed by atoms with van der Waals surface area (Å²) in [7, 11) is -1.96. The van der Waals surface area contributed by atoms with E-state index in [4.69, 9.17) is 0 Å². The number of rotatable bonds is 5. The highest BCUT2D eigenvalue weighted by atomic mass is 32.2. The number of anilines is 1. The summed E-state index contributed by atoms with van der Waals surface area (Å²) < 4.78 is 40.6. The van der Waals surface area contributed by atoms with Crippen molar-refractivity contribution < 1.29 is 17.6 Å². The Balaban J connectivity index is 1.73. The van der Waals surface area contributed by atoms with E-state index in [0.29, 0.717) is 18.0 Å². The molecule has 1 aromatic carbocycles. The quantitative estimate of drug-likeness (QED) is 0.799. The van der Waals surface area contributed by atoms with Crippen molar-refractivity contribution in [3.63, 3.8) is 0 Å². The van der Waals surface area contributed by atoms with Crippen molar-refractivity contribution in [2.45, 2.75) is 23.5 Å². The Hall–Kier alpha value is -1.77. The topological polar surface area (TPSA) is 57.7 Å². The fourth-order valence-corrected chi connectivity index (χ4v) is 5.79. The van der Waals surface area contributed by atoms with E-state index in [-0.39, 0.29) is 22.2 Å². The number of halogens is 1. The van der Waals surface area contributed by atoms with Gasteiger partial charge in [-0.25, -0.2) is 12.8 Å². The van der Waals surface area contributed by atoms with E-state index < -0.39 is 15.8 Å². The molecule has 2 aromatic rings.